The molecule has 1 aromatic rings. The molecule has 3 rings (SSSR count). The summed E-state index contributed by atoms with van der Waals surface area (Å²) in [5.74, 6) is 0.0713. The number of rotatable bonds is 7. The molecule has 0 aromatic carbocycles. The number of carbonyl (C=O) groups is 2. The van der Waals surface area contributed by atoms with Crippen molar-refractivity contribution in [2.24, 2.45) is 0 Å². The Labute approximate surface area is 158 Å². The summed E-state index contributed by atoms with van der Waals surface area (Å²) in [6.07, 6.45) is 1.16. The fourth-order valence-corrected chi connectivity index (χ4v) is 4.09. The molecular formula is C18H27N3O4S. The first-order chi connectivity index (χ1) is 12.5. The third-order valence-corrected chi connectivity index (χ3v) is 5.88. The van der Waals surface area contributed by atoms with Gasteiger partial charge in [-0.15, -0.1) is 0 Å². The molecule has 8 heteroatoms. The maximum atomic E-state index is 12.5. The van der Waals surface area contributed by atoms with Crippen molar-refractivity contribution < 1.29 is 19.1 Å². The van der Waals surface area contributed by atoms with Gasteiger partial charge in [0, 0.05) is 58.1 Å². The van der Waals surface area contributed by atoms with E-state index >= 15 is 0 Å². The van der Waals surface area contributed by atoms with E-state index in [1.165, 1.54) is 11.3 Å². The third-order valence-electron chi connectivity index (χ3n) is 5.20. The monoisotopic (exact) mass is 381 g/mol. The first-order valence-electron chi connectivity index (χ1n) is 9.00. The van der Waals surface area contributed by atoms with Gasteiger partial charge in [0.25, 0.3) is 5.91 Å². The summed E-state index contributed by atoms with van der Waals surface area (Å²) in [6, 6.07) is 1.86. The van der Waals surface area contributed by atoms with E-state index in [4.69, 9.17) is 9.47 Å². The summed E-state index contributed by atoms with van der Waals surface area (Å²) in [6.45, 7) is 4.83. The van der Waals surface area contributed by atoms with Crippen molar-refractivity contribution in [3.05, 3.63) is 22.4 Å². The Kier molecular flexibility index (Phi) is 6.16. The zero-order valence-electron chi connectivity index (χ0n) is 15.5. The second-order valence-corrected chi connectivity index (χ2v) is 7.85. The van der Waals surface area contributed by atoms with Crippen molar-refractivity contribution in [3.63, 3.8) is 0 Å². The van der Waals surface area contributed by atoms with Crippen LogP contribution in [0.25, 0.3) is 0 Å². The molecule has 0 unspecified atom stereocenters. The first kappa shape index (κ1) is 19.1. The van der Waals surface area contributed by atoms with Crippen molar-refractivity contribution in [1.82, 2.24) is 14.7 Å². The molecule has 2 amide bonds. The summed E-state index contributed by atoms with van der Waals surface area (Å²) in [5, 5.41) is 3.79. The molecule has 0 atom stereocenters. The van der Waals surface area contributed by atoms with Crippen LogP contribution < -0.4 is 0 Å². The molecule has 26 heavy (non-hydrogen) atoms. The number of carbonyl (C=O) groups excluding carboxylic acids is 2. The van der Waals surface area contributed by atoms with Crippen molar-refractivity contribution >= 4 is 23.3 Å². The minimum Gasteiger partial charge on any atom is -0.441 e. The highest BCUT2D eigenvalue weighted by Gasteiger charge is 2.47. The molecule has 2 saturated heterocycles. The number of methoxy groups -OCH3 is 1. The molecule has 144 valence electrons. The number of nitrogens with zero attached hydrogens (tertiary/aromatic N) is 3. The van der Waals surface area contributed by atoms with Gasteiger partial charge in [-0.05, 0) is 18.5 Å². The van der Waals surface area contributed by atoms with E-state index in [2.05, 4.69) is 4.90 Å². The molecule has 0 bridgehead atoms. The summed E-state index contributed by atoms with van der Waals surface area (Å²) in [5.41, 5.74) is 0.309. The largest absolute Gasteiger partial charge is 0.441 e. The Bertz CT molecular complexity index is 614. The Morgan fingerprint density at radius 1 is 1.38 bits per heavy atom. The Morgan fingerprint density at radius 2 is 2.15 bits per heavy atom. The smallest absolute Gasteiger partial charge is 0.410 e. The van der Waals surface area contributed by atoms with Crippen molar-refractivity contribution in [3.8, 4) is 0 Å². The molecule has 0 aliphatic carbocycles. The predicted molar refractivity (Wildman–Crippen MR) is 99.6 cm³/mol. The van der Waals surface area contributed by atoms with Crippen LogP contribution in [0.5, 0.6) is 0 Å². The van der Waals surface area contributed by atoms with E-state index in [0.29, 0.717) is 45.6 Å². The van der Waals surface area contributed by atoms with Crippen LogP contribution >= 0.6 is 11.3 Å². The average Bonchev–Trinajstić information content (AvgIpc) is 3.27. The van der Waals surface area contributed by atoms with Crippen LogP contribution in [-0.2, 0) is 9.47 Å². The molecule has 7 nitrogen and oxygen atoms in total. The van der Waals surface area contributed by atoms with Crippen LogP contribution in [0.15, 0.2) is 16.8 Å². The lowest BCUT2D eigenvalue weighted by Gasteiger charge is -2.37. The van der Waals surface area contributed by atoms with Gasteiger partial charge in [-0.25, -0.2) is 4.79 Å². The van der Waals surface area contributed by atoms with E-state index in [1.54, 1.807) is 12.0 Å². The summed E-state index contributed by atoms with van der Waals surface area (Å²) in [7, 11) is 3.70. The van der Waals surface area contributed by atoms with Crippen LogP contribution in [0, 0.1) is 0 Å². The molecule has 2 aliphatic rings. The van der Waals surface area contributed by atoms with Gasteiger partial charge in [0.2, 0.25) is 0 Å². The number of likely N-dealkylation sites (N-methyl/N-ethyl adjacent to an activating group) is 1. The van der Waals surface area contributed by atoms with Crippen LogP contribution in [-0.4, -0.2) is 92.3 Å². The van der Waals surface area contributed by atoms with Crippen LogP contribution in [0.4, 0.5) is 4.79 Å². The lowest BCUT2D eigenvalue weighted by Crippen LogP contribution is -2.49. The quantitative estimate of drug-likeness (QED) is 0.720. The second kappa shape index (κ2) is 8.37. The number of hydrogen-bond donors (Lipinski definition) is 0. The molecular weight excluding hydrogens is 354 g/mol. The number of amides is 2. The summed E-state index contributed by atoms with van der Waals surface area (Å²) < 4.78 is 10.8. The molecule has 0 radical (unpaired) electrons. The van der Waals surface area contributed by atoms with Crippen molar-refractivity contribution in [2.75, 3.05) is 60.0 Å². The molecule has 1 spiro atoms. The SMILES string of the molecule is COCCN(C)CCN1CC2(CCN(C(=O)c3ccsc3)CC2)OC1=O. The third kappa shape index (κ3) is 4.36. The Hall–Kier alpha value is -1.64. The number of likely N-dealkylation sites (tertiary alicyclic amines) is 1. The van der Waals surface area contributed by atoms with Gasteiger partial charge >= 0.3 is 6.09 Å². The second-order valence-electron chi connectivity index (χ2n) is 7.07. The number of ether oxygens (including phenoxy) is 2. The maximum Gasteiger partial charge on any atom is 0.410 e. The fraction of sp³-hybridized carbons (Fsp3) is 0.667. The van der Waals surface area contributed by atoms with E-state index in [9.17, 15) is 9.59 Å². The van der Waals surface area contributed by atoms with E-state index < -0.39 is 5.60 Å². The molecule has 1 aromatic heterocycles. The highest BCUT2D eigenvalue weighted by atomic mass is 32.1. The van der Waals surface area contributed by atoms with Crippen molar-refractivity contribution in [1.29, 1.82) is 0 Å². The topological polar surface area (TPSA) is 62.3 Å². The van der Waals surface area contributed by atoms with Crippen molar-refractivity contribution in [2.45, 2.75) is 18.4 Å². The molecule has 0 N–H and O–H groups in total. The van der Waals surface area contributed by atoms with Gasteiger partial charge in [-0.1, -0.05) is 0 Å². The summed E-state index contributed by atoms with van der Waals surface area (Å²) >= 11 is 1.53. The lowest BCUT2D eigenvalue weighted by atomic mass is 9.91. The Balaban J connectivity index is 1.48. The Morgan fingerprint density at radius 3 is 2.81 bits per heavy atom. The average molecular weight is 381 g/mol. The highest BCUT2D eigenvalue weighted by molar-refractivity contribution is 7.08. The number of thiophene rings is 1. The first-order valence-corrected chi connectivity index (χ1v) is 9.94. The number of hydrogen-bond acceptors (Lipinski definition) is 6. The zero-order chi connectivity index (χ0) is 18.6. The lowest BCUT2D eigenvalue weighted by molar-refractivity contribution is 0.00314. The highest BCUT2D eigenvalue weighted by Crippen LogP contribution is 2.33. The maximum absolute atomic E-state index is 12.5. The summed E-state index contributed by atoms with van der Waals surface area (Å²) in [4.78, 5) is 30.5. The standard InChI is InChI=1S/C18H27N3O4S/c1-19(10-11-24-2)8-9-21-14-18(25-17(21)23)4-6-20(7-5-18)16(22)15-3-12-26-13-15/h3,12-13H,4-11,14H2,1-2H3. The minimum atomic E-state index is -0.437. The van der Waals surface area contributed by atoms with Gasteiger partial charge < -0.3 is 24.2 Å². The van der Waals surface area contributed by atoms with Crippen LogP contribution in [0.3, 0.4) is 0 Å². The van der Waals surface area contributed by atoms with Gasteiger partial charge in [0.1, 0.15) is 5.60 Å². The van der Waals surface area contributed by atoms with Crippen LogP contribution in [0.2, 0.25) is 0 Å². The molecule has 2 fully saturated rings. The van der Waals surface area contributed by atoms with Gasteiger partial charge in [0.15, 0.2) is 0 Å². The molecule has 2 aliphatic heterocycles. The molecule has 0 saturated carbocycles. The molecule has 3 heterocycles. The normalized spacial score (nSPS) is 19.4. The van der Waals surface area contributed by atoms with Crippen LogP contribution in [0.1, 0.15) is 23.2 Å². The fourth-order valence-electron chi connectivity index (χ4n) is 3.46. The van der Waals surface area contributed by atoms with Gasteiger partial charge in [-0.3, -0.25) is 4.79 Å². The zero-order valence-corrected chi connectivity index (χ0v) is 16.3. The predicted octanol–water partition coefficient (Wildman–Crippen LogP) is 1.75. The van der Waals surface area contributed by atoms with Gasteiger partial charge in [0.05, 0.1) is 18.7 Å². The van der Waals surface area contributed by atoms with E-state index in [0.717, 1.165) is 18.7 Å². The van der Waals surface area contributed by atoms with E-state index in [1.807, 2.05) is 28.8 Å². The minimum absolute atomic E-state index is 0.0713. The van der Waals surface area contributed by atoms with Gasteiger partial charge in [-0.2, -0.15) is 11.3 Å². The number of piperidine rings is 1. The van der Waals surface area contributed by atoms with E-state index in [-0.39, 0.29) is 12.0 Å².